The summed E-state index contributed by atoms with van der Waals surface area (Å²) in [4.78, 5) is 40.6. The van der Waals surface area contributed by atoms with Gasteiger partial charge in [-0.25, -0.2) is 4.98 Å². The topological polar surface area (TPSA) is 115 Å². The highest BCUT2D eigenvalue weighted by Gasteiger charge is 2.35. The minimum absolute atomic E-state index is 0. The summed E-state index contributed by atoms with van der Waals surface area (Å²) in [6.07, 6.45) is 4.36. The molecule has 0 aliphatic carbocycles. The van der Waals surface area contributed by atoms with Crippen molar-refractivity contribution < 1.29 is 28.9 Å². The summed E-state index contributed by atoms with van der Waals surface area (Å²) in [6, 6.07) is 24.2. The van der Waals surface area contributed by atoms with E-state index < -0.39 is 0 Å². The third-order valence-corrected chi connectivity index (χ3v) is 11.2. The molecule has 9 rings (SSSR count). The predicted octanol–water partition coefficient (Wildman–Crippen LogP) is 6.62. The van der Waals surface area contributed by atoms with Crippen molar-refractivity contribution in [1.82, 2.24) is 23.9 Å². The van der Waals surface area contributed by atoms with Gasteiger partial charge >= 0.3 is 0 Å². The molecular formula is C43H43ClN6O6. The van der Waals surface area contributed by atoms with Crippen molar-refractivity contribution in [2.75, 3.05) is 44.5 Å². The molecular weight excluding hydrogens is 732 g/mol. The van der Waals surface area contributed by atoms with Gasteiger partial charge in [-0.05, 0) is 79.1 Å². The first-order chi connectivity index (χ1) is 26.7. The molecule has 0 bridgehead atoms. The van der Waals surface area contributed by atoms with Gasteiger partial charge in [0.2, 0.25) is 6.79 Å². The predicted molar refractivity (Wildman–Crippen MR) is 215 cm³/mol. The maximum Gasteiger partial charge on any atom is 0.264 e. The summed E-state index contributed by atoms with van der Waals surface area (Å²) in [5, 5.41) is 11.0. The molecule has 2 amide bonds. The number of fused-ring (bicyclic) bond motifs is 3. The van der Waals surface area contributed by atoms with Crippen LogP contribution < -0.4 is 14.4 Å². The molecule has 6 heterocycles. The van der Waals surface area contributed by atoms with Crippen molar-refractivity contribution in [3.63, 3.8) is 0 Å². The van der Waals surface area contributed by atoms with E-state index in [-0.39, 0.29) is 42.8 Å². The van der Waals surface area contributed by atoms with E-state index >= 15 is 4.79 Å². The van der Waals surface area contributed by atoms with Gasteiger partial charge in [0.1, 0.15) is 11.4 Å². The normalized spacial score (nSPS) is 16.4. The van der Waals surface area contributed by atoms with Gasteiger partial charge in [0.15, 0.2) is 11.5 Å². The van der Waals surface area contributed by atoms with Crippen LogP contribution in [0.25, 0.3) is 22.3 Å². The molecule has 288 valence electrons. The van der Waals surface area contributed by atoms with Crippen molar-refractivity contribution in [2.45, 2.75) is 25.9 Å². The number of ether oxygens (including phenoxy) is 3. The zero-order valence-corrected chi connectivity index (χ0v) is 32.3. The number of hydrogen-bond donors (Lipinski definition) is 1. The molecule has 1 saturated heterocycles. The number of aromatic hydroxyl groups is 1. The Hall–Kier alpha value is -5.82. The molecule has 56 heavy (non-hydrogen) atoms. The zero-order valence-electron chi connectivity index (χ0n) is 31.5. The van der Waals surface area contributed by atoms with Crippen molar-refractivity contribution in [3.05, 3.63) is 119 Å². The second kappa shape index (κ2) is 15.0. The maximum atomic E-state index is 15.1. The Morgan fingerprint density at radius 2 is 1.62 bits per heavy atom. The Kier molecular flexibility index (Phi) is 9.96. The van der Waals surface area contributed by atoms with Gasteiger partial charge in [-0.1, -0.05) is 24.3 Å². The summed E-state index contributed by atoms with van der Waals surface area (Å²) in [6.45, 7) is 6.19. The van der Waals surface area contributed by atoms with Crippen molar-refractivity contribution in [3.8, 4) is 28.5 Å². The number of rotatable bonds is 7. The Morgan fingerprint density at radius 3 is 2.39 bits per heavy atom. The number of carbonyl (C=O) groups is 2. The molecule has 13 heteroatoms. The number of aryl methyl sites for hydroxylation is 1. The summed E-state index contributed by atoms with van der Waals surface area (Å²) in [5.41, 5.74) is 7.31. The summed E-state index contributed by atoms with van der Waals surface area (Å²) < 4.78 is 21.2. The van der Waals surface area contributed by atoms with Gasteiger partial charge in [-0.2, -0.15) is 0 Å². The van der Waals surface area contributed by atoms with E-state index in [0.717, 1.165) is 42.7 Å². The smallest absolute Gasteiger partial charge is 0.264 e. The second-order valence-electron chi connectivity index (χ2n) is 14.5. The van der Waals surface area contributed by atoms with E-state index in [4.69, 9.17) is 14.2 Å². The van der Waals surface area contributed by atoms with Gasteiger partial charge in [0.25, 0.3) is 11.8 Å². The van der Waals surface area contributed by atoms with E-state index in [1.165, 1.54) is 5.56 Å². The molecule has 0 unspecified atom stereocenters. The first-order valence-corrected chi connectivity index (χ1v) is 18.6. The Morgan fingerprint density at radius 1 is 0.893 bits per heavy atom. The van der Waals surface area contributed by atoms with Crippen LogP contribution in [0.4, 0.5) is 11.4 Å². The molecule has 0 spiro atoms. The first-order valence-electron chi connectivity index (χ1n) is 18.6. The van der Waals surface area contributed by atoms with Crippen LogP contribution in [0.2, 0.25) is 0 Å². The van der Waals surface area contributed by atoms with E-state index in [9.17, 15) is 9.90 Å². The van der Waals surface area contributed by atoms with Gasteiger partial charge < -0.3 is 33.4 Å². The van der Waals surface area contributed by atoms with Crippen LogP contribution in [0.15, 0.2) is 91.3 Å². The SMILES string of the molecule is Cc1c(C(=O)N(c2ccc(O)cc2)c2cnc3c(ccn3C)c2)cc(-c2cc3c(cc2C(=O)N2Cc4ccccc4C[C@H]2CN2CCOCC2)OCO3)n1C.Cl. The third kappa shape index (κ3) is 6.63. The molecule has 1 fully saturated rings. The molecule has 6 aromatic rings. The monoisotopic (exact) mass is 774 g/mol. The van der Waals surface area contributed by atoms with Crippen LogP contribution in [-0.4, -0.2) is 86.5 Å². The number of anilines is 2. The van der Waals surface area contributed by atoms with Crippen LogP contribution >= 0.6 is 12.4 Å². The van der Waals surface area contributed by atoms with Crippen LogP contribution in [0.1, 0.15) is 37.5 Å². The molecule has 1 N–H and O–H groups in total. The number of pyridine rings is 1. The van der Waals surface area contributed by atoms with Gasteiger partial charge in [-0.3, -0.25) is 19.4 Å². The number of amides is 2. The number of phenols is 1. The highest BCUT2D eigenvalue weighted by molar-refractivity contribution is 6.13. The average Bonchev–Trinajstić information content (AvgIpc) is 3.91. The van der Waals surface area contributed by atoms with E-state index in [2.05, 4.69) is 28.1 Å². The number of aromatic nitrogens is 3. The lowest BCUT2D eigenvalue weighted by molar-refractivity contribution is 0.0193. The summed E-state index contributed by atoms with van der Waals surface area (Å²) >= 11 is 0. The van der Waals surface area contributed by atoms with Crippen LogP contribution in [0.3, 0.4) is 0 Å². The molecule has 3 aromatic heterocycles. The second-order valence-corrected chi connectivity index (χ2v) is 14.5. The quantitative estimate of drug-likeness (QED) is 0.193. The highest BCUT2D eigenvalue weighted by atomic mass is 35.5. The number of benzene rings is 3. The summed E-state index contributed by atoms with van der Waals surface area (Å²) in [5.74, 6) is 0.754. The molecule has 12 nitrogen and oxygen atoms in total. The van der Waals surface area contributed by atoms with Crippen LogP contribution in [0.5, 0.6) is 17.2 Å². The van der Waals surface area contributed by atoms with E-state index in [1.807, 2.05) is 71.6 Å². The number of morpholine rings is 1. The minimum Gasteiger partial charge on any atom is -0.508 e. The largest absolute Gasteiger partial charge is 0.508 e. The fraction of sp³-hybridized carbons (Fsp3) is 0.279. The highest BCUT2D eigenvalue weighted by Crippen LogP contribution is 2.42. The lowest BCUT2D eigenvalue weighted by Gasteiger charge is -2.40. The first kappa shape index (κ1) is 37.1. The average molecular weight is 775 g/mol. The number of hydrogen-bond acceptors (Lipinski definition) is 8. The molecule has 3 aliphatic rings. The van der Waals surface area contributed by atoms with Crippen molar-refractivity contribution in [1.29, 1.82) is 0 Å². The zero-order chi connectivity index (χ0) is 37.8. The minimum atomic E-state index is -0.283. The number of halogens is 1. The molecule has 1 atom stereocenters. The molecule has 3 aromatic carbocycles. The standard InChI is InChI=1S/C43H42N6O6.ClH/c1-27-35(43(52)49(31-8-10-34(50)11-9-31)32-19-29-12-13-45(2)41(29)44-23-32)20-38(46(27)3)36-21-39-40(55-26-54-39)22-37(36)42(51)48-24-30-7-5-4-6-28(30)18-33(48)25-47-14-16-53-17-15-47;/h4-13,19-23,33,50H,14-18,24-26H2,1-3H3;1H/t33-;/m0./s1. The maximum absolute atomic E-state index is 15.1. The van der Waals surface area contributed by atoms with Gasteiger partial charge in [-0.15, -0.1) is 12.4 Å². The number of carbonyl (C=O) groups excluding carboxylic acids is 2. The Balaban J connectivity index is 0.00000441. The fourth-order valence-electron chi connectivity index (χ4n) is 8.10. The lowest BCUT2D eigenvalue weighted by Crippen LogP contribution is -2.52. The van der Waals surface area contributed by atoms with Crippen molar-refractivity contribution >= 4 is 46.6 Å². The molecule has 0 saturated carbocycles. The van der Waals surface area contributed by atoms with Crippen molar-refractivity contribution in [2.24, 2.45) is 14.1 Å². The van der Waals surface area contributed by atoms with Gasteiger partial charge in [0, 0.05) is 80.5 Å². The molecule has 3 aliphatic heterocycles. The Bertz CT molecular complexity index is 2450. The fourth-order valence-corrected chi connectivity index (χ4v) is 8.10. The van der Waals surface area contributed by atoms with Crippen LogP contribution in [0, 0.1) is 6.92 Å². The number of nitrogens with zero attached hydrogens (tertiary/aromatic N) is 6. The Labute approximate surface area is 330 Å². The van der Waals surface area contributed by atoms with Gasteiger partial charge in [0.05, 0.1) is 36.2 Å². The third-order valence-electron chi connectivity index (χ3n) is 11.2. The van der Waals surface area contributed by atoms with E-state index in [1.54, 1.807) is 41.4 Å². The molecule has 0 radical (unpaired) electrons. The summed E-state index contributed by atoms with van der Waals surface area (Å²) in [7, 11) is 3.83. The van der Waals surface area contributed by atoms with Crippen LogP contribution in [-0.2, 0) is 31.8 Å². The lowest BCUT2D eigenvalue weighted by atomic mass is 9.92. The number of phenolic OH excluding ortho intramolecular Hbond substituents is 1. The van der Waals surface area contributed by atoms with E-state index in [0.29, 0.717) is 70.7 Å².